The van der Waals surface area contributed by atoms with Crippen LogP contribution in [0, 0.1) is 24.6 Å². The second kappa shape index (κ2) is 12.8. The van der Waals surface area contributed by atoms with E-state index in [0.717, 1.165) is 30.7 Å². The molecule has 2 aromatic carbocycles. The predicted molar refractivity (Wildman–Crippen MR) is 156 cm³/mol. The predicted octanol–water partition coefficient (Wildman–Crippen LogP) is 6.70. The number of alkyl halides is 3. The fourth-order valence-electron chi connectivity index (χ4n) is 6.70. The first-order valence-electron chi connectivity index (χ1n) is 14.9. The van der Waals surface area contributed by atoms with Crippen molar-refractivity contribution in [3.63, 3.8) is 0 Å². The van der Waals surface area contributed by atoms with E-state index in [1.54, 1.807) is 13.0 Å². The molecule has 0 radical (unpaired) electrons. The molecule has 1 saturated heterocycles. The Morgan fingerprint density at radius 1 is 1.02 bits per heavy atom. The summed E-state index contributed by atoms with van der Waals surface area (Å²) in [6.45, 7) is 1.93. The van der Waals surface area contributed by atoms with Gasteiger partial charge in [0.25, 0.3) is 5.91 Å². The van der Waals surface area contributed by atoms with Crippen LogP contribution in [0.4, 0.5) is 23.2 Å². The molecule has 5 rings (SSSR count). The van der Waals surface area contributed by atoms with Gasteiger partial charge in [-0.15, -0.1) is 0 Å². The summed E-state index contributed by atoms with van der Waals surface area (Å²) in [7, 11) is 0. The molecule has 11 heteroatoms. The molecule has 2 unspecified atom stereocenters. The summed E-state index contributed by atoms with van der Waals surface area (Å²) in [5, 5.41) is 15.3. The Kier molecular flexibility index (Phi) is 9.12. The number of likely N-dealkylation sites (tertiary alicyclic amines) is 1. The van der Waals surface area contributed by atoms with Gasteiger partial charge in [-0.2, -0.15) is 13.2 Å². The smallest absolute Gasteiger partial charge is 0.417 e. The van der Waals surface area contributed by atoms with Crippen LogP contribution in [0.3, 0.4) is 0 Å². The zero-order chi connectivity index (χ0) is 31.6. The minimum atomic E-state index is -4.95. The Labute approximate surface area is 253 Å². The lowest BCUT2D eigenvalue weighted by molar-refractivity contribution is -0.138. The third-order valence-electron chi connectivity index (χ3n) is 8.84. The number of carbonyl (C=O) groups excluding carboxylic acids is 2. The molecule has 0 spiro atoms. The minimum Gasteiger partial charge on any atom is -0.478 e. The number of carbonyl (C=O) groups is 3. The highest BCUT2D eigenvalue weighted by Crippen LogP contribution is 2.38. The maximum absolute atomic E-state index is 14.9. The number of benzene rings is 2. The number of nitrogens with one attached hydrogen (secondary N) is 2. The molecule has 0 bridgehead atoms. The van der Waals surface area contributed by atoms with Crippen molar-refractivity contribution in [1.82, 2.24) is 10.2 Å². The second-order valence-electron chi connectivity index (χ2n) is 11.8. The number of piperidine rings is 1. The van der Waals surface area contributed by atoms with Crippen LogP contribution in [0.5, 0.6) is 0 Å². The van der Waals surface area contributed by atoms with E-state index in [2.05, 4.69) is 10.6 Å². The summed E-state index contributed by atoms with van der Waals surface area (Å²) >= 11 is 0. The summed E-state index contributed by atoms with van der Waals surface area (Å²) in [6.07, 6.45) is 6.79. The highest BCUT2D eigenvalue weighted by molar-refractivity contribution is 5.98. The number of aryl methyl sites for hydroxylation is 1. The van der Waals surface area contributed by atoms with Gasteiger partial charge in [0.05, 0.1) is 28.7 Å². The number of rotatable bonds is 7. The van der Waals surface area contributed by atoms with Gasteiger partial charge >= 0.3 is 12.1 Å². The van der Waals surface area contributed by atoms with E-state index in [9.17, 15) is 37.1 Å². The molecule has 2 aromatic rings. The van der Waals surface area contributed by atoms with Gasteiger partial charge in [0, 0.05) is 29.9 Å². The van der Waals surface area contributed by atoms with E-state index in [1.807, 2.05) is 18.2 Å². The molecule has 1 aliphatic heterocycles. The van der Waals surface area contributed by atoms with Gasteiger partial charge in [-0.05, 0) is 74.9 Å². The Morgan fingerprint density at radius 2 is 1.77 bits per heavy atom. The average Bonchev–Trinajstić information content (AvgIpc) is 3.49. The van der Waals surface area contributed by atoms with Crippen LogP contribution in [0.15, 0.2) is 60.3 Å². The number of aromatic carboxylic acids is 1. The fraction of sp³-hybridized carbons (Fsp3) is 0.424. The van der Waals surface area contributed by atoms with E-state index >= 15 is 0 Å². The molecule has 44 heavy (non-hydrogen) atoms. The lowest BCUT2D eigenvalue weighted by atomic mass is 9.77. The van der Waals surface area contributed by atoms with E-state index in [0.29, 0.717) is 36.9 Å². The van der Waals surface area contributed by atoms with Gasteiger partial charge < -0.3 is 20.6 Å². The number of nitrogens with zero attached hydrogens (tertiary/aromatic N) is 1. The van der Waals surface area contributed by atoms with Crippen LogP contribution in [0.2, 0.25) is 0 Å². The number of carboxylic acid groups (broad SMARTS) is 1. The number of carboxylic acids is 1. The number of anilines is 1. The number of hydrogen-bond acceptors (Lipinski definition) is 4. The van der Waals surface area contributed by atoms with Crippen molar-refractivity contribution in [1.29, 1.82) is 0 Å². The van der Waals surface area contributed by atoms with Crippen LogP contribution >= 0.6 is 0 Å². The number of amides is 2. The SMILES string of the molecule is Cc1cccc(F)c1C(=O)N1CCCC(C(=O)Nc2ccc(C(=O)O)c(C(F)(F)F)c2)C1[C@@H]1C=CC(NC2CCCC2)=CC1. The lowest BCUT2D eigenvalue weighted by Crippen LogP contribution is -2.55. The summed E-state index contributed by atoms with van der Waals surface area (Å²) in [5.41, 5.74) is -1.16. The molecule has 2 fully saturated rings. The van der Waals surface area contributed by atoms with Gasteiger partial charge in [-0.3, -0.25) is 9.59 Å². The van der Waals surface area contributed by atoms with Crippen molar-refractivity contribution in [3.8, 4) is 0 Å². The maximum Gasteiger partial charge on any atom is 0.417 e. The number of hydrogen-bond donors (Lipinski definition) is 3. The quantitative estimate of drug-likeness (QED) is 0.302. The van der Waals surface area contributed by atoms with Gasteiger partial charge in [0.2, 0.25) is 5.91 Å². The van der Waals surface area contributed by atoms with Gasteiger partial charge in [0.1, 0.15) is 5.82 Å². The van der Waals surface area contributed by atoms with Gasteiger partial charge in [-0.25, -0.2) is 9.18 Å². The molecule has 1 saturated carbocycles. The van der Waals surface area contributed by atoms with E-state index in [4.69, 9.17) is 0 Å². The summed E-state index contributed by atoms with van der Waals surface area (Å²) < 4.78 is 55.9. The molecule has 234 valence electrons. The monoisotopic (exact) mass is 613 g/mol. The third-order valence-corrected chi connectivity index (χ3v) is 8.84. The average molecular weight is 614 g/mol. The van der Waals surface area contributed by atoms with Crippen LogP contribution in [0.25, 0.3) is 0 Å². The van der Waals surface area contributed by atoms with Crippen LogP contribution < -0.4 is 10.6 Å². The zero-order valence-electron chi connectivity index (χ0n) is 24.3. The molecular weight excluding hydrogens is 578 g/mol. The Hall–Kier alpha value is -4.15. The molecule has 3 N–H and O–H groups in total. The molecular formula is C33H35F4N3O4. The topological polar surface area (TPSA) is 98.7 Å². The molecule has 2 aliphatic carbocycles. The van der Waals surface area contributed by atoms with Crippen LogP contribution in [-0.4, -0.2) is 46.4 Å². The van der Waals surface area contributed by atoms with Crippen LogP contribution in [0.1, 0.15) is 76.8 Å². The minimum absolute atomic E-state index is 0.0726. The molecule has 2 amide bonds. The van der Waals surface area contributed by atoms with Crippen LogP contribution in [-0.2, 0) is 11.0 Å². The van der Waals surface area contributed by atoms with Crippen molar-refractivity contribution in [2.75, 3.05) is 11.9 Å². The van der Waals surface area contributed by atoms with Crippen molar-refractivity contribution in [2.45, 2.75) is 70.1 Å². The first-order chi connectivity index (χ1) is 20.9. The fourth-order valence-corrected chi connectivity index (χ4v) is 6.70. The molecule has 0 aromatic heterocycles. The third kappa shape index (κ3) is 6.66. The van der Waals surface area contributed by atoms with Crippen molar-refractivity contribution >= 4 is 23.5 Å². The summed E-state index contributed by atoms with van der Waals surface area (Å²) in [6, 6.07) is 6.60. The van der Waals surface area contributed by atoms with Gasteiger partial charge in [-0.1, -0.05) is 37.1 Å². The highest BCUT2D eigenvalue weighted by atomic mass is 19.4. The highest BCUT2D eigenvalue weighted by Gasteiger charge is 2.43. The normalized spacial score (nSPS) is 22.4. The Bertz CT molecular complexity index is 1480. The molecule has 3 aliphatic rings. The first kappa shape index (κ1) is 31.3. The van der Waals surface area contributed by atoms with Crippen molar-refractivity contribution in [2.24, 2.45) is 11.8 Å². The Morgan fingerprint density at radius 3 is 2.41 bits per heavy atom. The maximum atomic E-state index is 14.9. The zero-order valence-corrected chi connectivity index (χ0v) is 24.3. The molecule has 3 atom stereocenters. The number of allylic oxidation sites excluding steroid dienone is 2. The van der Waals surface area contributed by atoms with Crippen molar-refractivity contribution < 1.29 is 37.1 Å². The van der Waals surface area contributed by atoms with E-state index in [-0.39, 0.29) is 23.7 Å². The Balaban J connectivity index is 1.45. The molecule has 1 heterocycles. The number of halogens is 4. The second-order valence-corrected chi connectivity index (χ2v) is 11.8. The summed E-state index contributed by atoms with van der Waals surface area (Å²) in [4.78, 5) is 40.6. The van der Waals surface area contributed by atoms with Crippen molar-refractivity contribution in [3.05, 3.63) is 88.4 Å². The lowest BCUT2D eigenvalue weighted by Gasteiger charge is -2.44. The largest absolute Gasteiger partial charge is 0.478 e. The standard InChI is InChI=1S/C33H35F4N3O4/c1-19-6-4-10-27(34)28(19)31(42)40-17-5-9-25(29(40)20-11-13-22(14-12-20)38-21-7-2-3-8-21)30(41)39-23-15-16-24(32(43)44)26(18-23)33(35,36)37/h4,6,10-11,13-16,18,20-21,25,29,38H,2-3,5,7-9,12,17H2,1H3,(H,39,41)(H,43,44)/t20-,25?,29?/m1/s1. The van der Waals surface area contributed by atoms with E-state index in [1.165, 1.54) is 29.9 Å². The van der Waals surface area contributed by atoms with Gasteiger partial charge in [0.15, 0.2) is 0 Å². The van der Waals surface area contributed by atoms with E-state index < -0.39 is 52.9 Å². The summed E-state index contributed by atoms with van der Waals surface area (Å²) in [5.74, 6) is -4.67. The first-order valence-corrected chi connectivity index (χ1v) is 14.9. The molecule has 7 nitrogen and oxygen atoms in total.